The monoisotopic (exact) mass is 298 g/mol. The molecule has 0 aliphatic heterocycles. The number of anilines is 1. The fourth-order valence-corrected chi connectivity index (χ4v) is 2.67. The van der Waals surface area contributed by atoms with E-state index in [1.54, 1.807) is 24.4 Å². The first-order chi connectivity index (χ1) is 9.16. The molecule has 1 fully saturated rings. The number of rotatable bonds is 3. The van der Waals surface area contributed by atoms with Crippen LogP contribution in [0.25, 0.3) is 0 Å². The highest BCUT2D eigenvalue weighted by atomic mass is 35.5. The van der Waals surface area contributed by atoms with Gasteiger partial charge >= 0.3 is 6.03 Å². The highest BCUT2D eigenvalue weighted by Gasteiger charge is 2.11. The van der Waals surface area contributed by atoms with Crippen molar-refractivity contribution in [3.05, 3.63) is 40.5 Å². The molecule has 1 aliphatic rings. The van der Waals surface area contributed by atoms with E-state index >= 15 is 0 Å². The van der Waals surface area contributed by atoms with E-state index in [9.17, 15) is 4.79 Å². The Balaban J connectivity index is 1.87. The summed E-state index contributed by atoms with van der Waals surface area (Å²) < 4.78 is 0. The van der Waals surface area contributed by atoms with Crippen LogP contribution < -0.4 is 10.6 Å². The van der Waals surface area contributed by atoms with Crippen LogP contribution in [0.5, 0.6) is 0 Å². The summed E-state index contributed by atoms with van der Waals surface area (Å²) >= 11 is 11.9. The molecule has 3 nitrogen and oxygen atoms in total. The van der Waals surface area contributed by atoms with E-state index in [0.29, 0.717) is 21.7 Å². The molecule has 0 atom stereocenters. The van der Waals surface area contributed by atoms with Crippen molar-refractivity contribution in [2.24, 2.45) is 5.92 Å². The number of amides is 2. The first kappa shape index (κ1) is 14.2. The van der Waals surface area contributed by atoms with Gasteiger partial charge in [-0.1, -0.05) is 48.2 Å². The third kappa shape index (κ3) is 4.15. The molecule has 1 aliphatic carbocycles. The van der Waals surface area contributed by atoms with Gasteiger partial charge in [-0.2, -0.15) is 0 Å². The third-order valence-electron chi connectivity index (χ3n) is 3.18. The average molecular weight is 299 g/mol. The molecular formula is C14H16Cl2N2O. The van der Waals surface area contributed by atoms with Crippen molar-refractivity contribution in [2.75, 3.05) is 5.32 Å². The Morgan fingerprint density at radius 2 is 1.84 bits per heavy atom. The molecule has 1 aromatic carbocycles. The van der Waals surface area contributed by atoms with Gasteiger partial charge in [0.2, 0.25) is 0 Å². The molecule has 1 saturated carbocycles. The highest BCUT2D eigenvalue weighted by molar-refractivity contribution is 6.39. The summed E-state index contributed by atoms with van der Waals surface area (Å²) in [5, 5.41) is 6.14. The first-order valence-corrected chi connectivity index (χ1v) is 7.10. The average Bonchev–Trinajstić information content (AvgIpc) is 2.87. The molecular weight excluding hydrogens is 283 g/mol. The Morgan fingerprint density at radius 3 is 2.47 bits per heavy atom. The van der Waals surface area contributed by atoms with Gasteiger partial charge in [-0.15, -0.1) is 0 Å². The Morgan fingerprint density at radius 1 is 1.21 bits per heavy atom. The zero-order valence-corrected chi connectivity index (χ0v) is 12.0. The van der Waals surface area contributed by atoms with Crippen LogP contribution >= 0.6 is 23.2 Å². The van der Waals surface area contributed by atoms with Crippen molar-refractivity contribution in [3.8, 4) is 0 Å². The molecule has 0 aromatic heterocycles. The molecule has 0 radical (unpaired) electrons. The van der Waals surface area contributed by atoms with Crippen LogP contribution in [-0.4, -0.2) is 6.03 Å². The number of para-hydroxylation sites is 1. The zero-order valence-electron chi connectivity index (χ0n) is 10.5. The van der Waals surface area contributed by atoms with E-state index in [1.165, 1.54) is 25.7 Å². The largest absolute Gasteiger partial charge is 0.323 e. The van der Waals surface area contributed by atoms with Crippen molar-refractivity contribution in [1.29, 1.82) is 0 Å². The highest BCUT2D eigenvalue weighted by Crippen LogP contribution is 2.29. The molecule has 19 heavy (non-hydrogen) atoms. The van der Waals surface area contributed by atoms with Gasteiger partial charge in [0.1, 0.15) is 0 Å². The molecule has 0 bridgehead atoms. The van der Waals surface area contributed by atoms with Gasteiger partial charge in [-0.05, 0) is 30.9 Å². The molecule has 2 N–H and O–H groups in total. The summed E-state index contributed by atoms with van der Waals surface area (Å²) in [6.07, 6.45) is 8.69. The number of hydrogen-bond acceptors (Lipinski definition) is 1. The van der Waals surface area contributed by atoms with Crippen LogP contribution in [0.2, 0.25) is 10.0 Å². The molecule has 0 saturated heterocycles. The van der Waals surface area contributed by atoms with Crippen LogP contribution in [-0.2, 0) is 0 Å². The number of allylic oxidation sites excluding steroid dienone is 1. The Labute approximate surface area is 123 Å². The van der Waals surface area contributed by atoms with Crippen molar-refractivity contribution in [1.82, 2.24) is 5.32 Å². The molecule has 0 spiro atoms. The fraction of sp³-hybridized carbons (Fsp3) is 0.357. The van der Waals surface area contributed by atoms with E-state index in [1.807, 2.05) is 6.08 Å². The molecule has 0 heterocycles. The third-order valence-corrected chi connectivity index (χ3v) is 3.81. The summed E-state index contributed by atoms with van der Waals surface area (Å²) in [5.74, 6) is 0.587. The molecule has 2 rings (SSSR count). The maximum atomic E-state index is 11.7. The summed E-state index contributed by atoms with van der Waals surface area (Å²) in [4.78, 5) is 11.7. The maximum absolute atomic E-state index is 11.7. The van der Waals surface area contributed by atoms with E-state index in [2.05, 4.69) is 10.6 Å². The van der Waals surface area contributed by atoms with Crippen LogP contribution in [0.1, 0.15) is 25.7 Å². The lowest BCUT2D eigenvalue weighted by Gasteiger charge is -2.08. The van der Waals surface area contributed by atoms with Gasteiger partial charge in [0.05, 0.1) is 15.7 Å². The van der Waals surface area contributed by atoms with Gasteiger partial charge in [-0.3, -0.25) is 0 Å². The number of halogens is 2. The molecule has 2 amide bonds. The minimum absolute atomic E-state index is 0.343. The summed E-state index contributed by atoms with van der Waals surface area (Å²) in [7, 11) is 0. The van der Waals surface area contributed by atoms with Crippen LogP contribution in [0.4, 0.5) is 10.5 Å². The lowest BCUT2D eigenvalue weighted by molar-refractivity contribution is 0.255. The van der Waals surface area contributed by atoms with Crippen LogP contribution in [0.3, 0.4) is 0 Å². The molecule has 0 unspecified atom stereocenters. The minimum Gasteiger partial charge on any atom is -0.315 e. The number of urea groups is 1. The SMILES string of the molecule is O=C(N/C=C/C1CCCC1)Nc1c(Cl)cccc1Cl. The summed E-state index contributed by atoms with van der Waals surface area (Å²) in [5.41, 5.74) is 0.428. The normalized spacial score (nSPS) is 15.9. The van der Waals surface area contributed by atoms with Crippen molar-refractivity contribution >= 4 is 34.9 Å². The Kier molecular flexibility index (Phi) is 5.11. The number of nitrogens with one attached hydrogen (secondary N) is 2. The van der Waals surface area contributed by atoms with Gasteiger partial charge in [0, 0.05) is 6.20 Å². The predicted octanol–water partition coefficient (Wildman–Crippen LogP) is 4.82. The molecule has 5 heteroatoms. The number of benzene rings is 1. The lowest BCUT2D eigenvalue weighted by Crippen LogP contribution is -2.24. The standard InChI is InChI=1S/C14H16Cl2N2O/c15-11-6-3-7-12(16)13(11)18-14(19)17-9-8-10-4-1-2-5-10/h3,6-10H,1-2,4-5H2,(H2,17,18,19)/b9-8+. The zero-order chi connectivity index (χ0) is 13.7. The van der Waals surface area contributed by atoms with Gasteiger partial charge in [0.15, 0.2) is 0 Å². The van der Waals surface area contributed by atoms with E-state index in [0.717, 1.165) is 0 Å². The van der Waals surface area contributed by atoms with E-state index in [4.69, 9.17) is 23.2 Å². The van der Waals surface area contributed by atoms with Crippen LogP contribution in [0, 0.1) is 5.92 Å². The maximum Gasteiger partial charge on any atom is 0.323 e. The van der Waals surface area contributed by atoms with Gasteiger partial charge in [0.25, 0.3) is 0 Å². The van der Waals surface area contributed by atoms with Crippen molar-refractivity contribution in [3.63, 3.8) is 0 Å². The van der Waals surface area contributed by atoms with Crippen molar-refractivity contribution in [2.45, 2.75) is 25.7 Å². The first-order valence-electron chi connectivity index (χ1n) is 6.35. The summed E-state index contributed by atoms with van der Waals surface area (Å²) in [6.45, 7) is 0. The number of hydrogen-bond donors (Lipinski definition) is 2. The summed E-state index contributed by atoms with van der Waals surface area (Å²) in [6, 6.07) is 4.74. The Bertz CT molecular complexity index is 462. The molecule has 102 valence electrons. The topological polar surface area (TPSA) is 41.1 Å². The second-order valence-electron chi connectivity index (χ2n) is 4.60. The predicted molar refractivity (Wildman–Crippen MR) is 79.7 cm³/mol. The van der Waals surface area contributed by atoms with E-state index in [-0.39, 0.29) is 6.03 Å². The van der Waals surface area contributed by atoms with Crippen LogP contribution in [0.15, 0.2) is 30.5 Å². The fourth-order valence-electron chi connectivity index (χ4n) is 2.18. The molecule has 1 aromatic rings. The lowest BCUT2D eigenvalue weighted by atomic mass is 10.1. The quantitative estimate of drug-likeness (QED) is 0.825. The number of carbonyl (C=O) groups excluding carboxylic acids is 1. The smallest absolute Gasteiger partial charge is 0.315 e. The van der Waals surface area contributed by atoms with E-state index < -0.39 is 0 Å². The van der Waals surface area contributed by atoms with Gasteiger partial charge in [-0.25, -0.2) is 4.79 Å². The second kappa shape index (κ2) is 6.83. The minimum atomic E-state index is -0.343. The van der Waals surface area contributed by atoms with Crippen molar-refractivity contribution < 1.29 is 4.79 Å². The Hall–Kier alpha value is -1.19. The second-order valence-corrected chi connectivity index (χ2v) is 5.41. The number of carbonyl (C=O) groups is 1. The van der Waals surface area contributed by atoms with Gasteiger partial charge < -0.3 is 10.6 Å².